The predicted molar refractivity (Wildman–Crippen MR) is 120 cm³/mol. The van der Waals surface area contributed by atoms with Crippen LogP contribution in [0.3, 0.4) is 0 Å². The van der Waals surface area contributed by atoms with E-state index in [2.05, 4.69) is 15.8 Å². The number of carbonyl (C=O) groups excluding carboxylic acids is 3. The number of ether oxygens (including phenoxy) is 1. The number of hydrogen-bond donors (Lipinski definition) is 2. The SMILES string of the molecule is O=C(N/N=C/c1ccccc1OC(=O)c1ccccc1[N+](=O)[O-])C(=O)Nc1ccccc1Cl. The maximum absolute atomic E-state index is 12.5. The Morgan fingerprint density at radius 3 is 2.36 bits per heavy atom. The van der Waals surface area contributed by atoms with Crippen LogP contribution in [0.4, 0.5) is 11.4 Å². The molecule has 0 bridgehead atoms. The number of anilines is 1. The molecule has 0 fully saturated rings. The van der Waals surface area contributed by atoms with Crippen LogP contribution >= 0.6 is 11.6 Å². The summed E-state index contributed by atoms with van der Waals surface area (Å²) in [5.41, 5.74) is 1.97. The van der Waals surface area contributed by atoms with E-state index >= 15 is 0 Å². The number of nitro groups is 1. The number of nitrogens with one attached hydrogen (secondary N) is 2. The van der Waals surface area contributed by atoms with Crippen LogP contribution in [-0.4, -0.2) is 28.9 Å². The zero-order valence-corrected chi connectivity index (χ0v) is 17.5. The average molecular weight is 467 g/mol. The van der Waals surface area contributed by atoms with Gasteiger partial charge >= 0.3 is 17.8 Å². The van der Waals surface area contributed by atoms with Crippen molar-refractivity contribution in [2.45, 2.75) is 0 Å². The van der Waals surface area contributed by atoms with Gasteiger partial charge in [0.15, 0.2) is 0 Å². The van der Waals surface area contributed by atoms with Crippen molar-refractivity contribution in [3.05, 3.63) is 99.1 Å². The average Bonchev–Trinajstić information content (AvgIpc) is 2.81. The van der Waals surface area contributed by atoms with Crippen LogP contribution in [0.15, 0.2) is 77.9 Å². The van der Waals surface area contributed by atoms with E-state index in [0.717, 1.165) is 6.21 Å². The molecule has 0 aliphatic carbocycles. The van der Waals surface area contributed by atoms with E-state index in [-0.39, 0.29) is 27.6 Å². The lowest BCUT2D eigenvalue weighted by atomic mass is 10.2. The standard InChI is InChI=1S/C22H15ClN4O6/c23-16-9-3-4-10-17(16)25-20(28)21(29)26-24-13-14-7-1-6-12-19(14)33-22(30)15-8-2-5-11-18(15)27(31)32/h1-13H,(H,25,28)(H,26,29)/b24-13+. The smallest absolute Gasteiger partial charge is 0.350 e. The van der Waals surface area contributed by atoms with Crippen molar-refractivity contribution in [3.8, 4) is 5.75 Å². The number of halogens is 1. The van der Waals surface area contributed by atoms with Gasteiger partial charge in [-0.25, -0.2) is 10.2 Å². The van der Waals surface area contributed by atoms with Gasteiger partial charge in [0.25, 0.3) is 5.69 Å². The molecule has 0 spiro atoms. The van der Waals surface area contributed by atoms with Crippen molar-refractivity contribution in [2.24, 2.45) is 5.10 Å². The lowest BCUT2D eigenvalue weighted by Gasteiger charge is -2.08. The van der Waals surface area contributed by atoms with Gasteiger partial charge in [-0.05, 0) is 30.3 Å². The van der Waals surface area contributed by atoms with Crippen molar-refractivity contribution < 1.29 is 24.0 Å². The Balaban J connectivity index is 1.67. The molecule has 2 N–H and O–H groups in total. The summed E-state index contributed by atoms with van der Waals surface area (Å²) in [5.74, 6) is -2.94. The van der Waals surface area contributed by atoms with Gasteiger partial charge in [-0.2, -0.15) is 5.10 Å². The fraction of sp³-hybridized carbons (Fsp3) is 0. The third-order valence-electron chi connectivity index (χ3n) is 4.14. The number of hydrazone groups is 1. The first-order valence-electron chi connectivity index (χ1n) is 9.30. The number of benzene rings is 3. The van der Waals surface area contributed by atoms with E-state index < -0.39 is 28.4 Å². The van der Waals surface area contributed by atoms with Crippen LogP contribution < -0.4 is 15.5 Å². The second kappa shape index (κ2) is 10.6. The maximum Gasteiger partial charge on any atom is 0.350 e. The molecule has 0 aliphatic heterocycles. The molecule has 10 nitrogen and oxygen atoms in total. The second-order valence-corrected chi connectivity index (χ2v) is 6.74. The van der Waals surface area contributed by atoms with Gasteiger partial charge < -0.3 is 10.1 Å². The molecule has 0 heterocycles. The molecule has 3 aromatic rings. The number of nitrogens with zero attached hydrogens (tertiary/aromatic N) is 2. The van der Waals surface area contributed by atoms with E-state index in [1.807, 2.05) is 0 Å². The minimum absolute atomic E-state index is 0.0409. The molecule has 33 heavy (non-hydrogen) atoms. The van der Waals surface area contributed by atoms with E-state index in [1.165, 1.54) is 42.5 Å². The molecule has 0 saturated heterocycles. The van der Waals surface area contributed by atoms with Gasteiger partial charge in [0.1, 0.15) is 11.3 Å². The molecule has 166 valence electrons. The number of nitro benzene ring substituents is 1. The summed E-state index contributed by atoms with van der Waals surface area (Å²) in [5, 5.41) is 17.4. The first-order chi connectivity index (χ1) is 15.9. The van der Waals surface area contributed by atoms with Crippen LogP contribution in [0.2, 0.25) is 5.02 Å². The van der Waals surface area contributed by atoms with Gasteiger partial charge in [-0.1, -0.05) is 48.0 Å². The summed E-state index contributed by atoms with van der Waals surface area (Å²) in [6.07, 6.45) is 1.16. The summed E-state index contributed by atoms with van der Waals surface area (Å²) < 4.78 is 5.28. The highest BCUT2D eigenvalue weighted by atomic mass is 35.5. The molecular formula is C22H15ClN4O6. The Hall–Kier alpha value is -4.57. The number of para-hydroxylation sites is 3. The van der Waals surface area contributed by atoms with Gasteiger partial charge in [-0.3, -0.25) is 19.7 Å². The van der Waals surface area contributed by atoms with Gasteiger partial charge in [0, 0.05) is 11.6 Å². The molecule has 0 atom stereocenters. The van der Waals surface area contributed by atoms with Crippen LogP contribution in [-0.2, 0) is 9.59 Å². The molecule has 3 rings (SSSR count). The zero-order chi connectivity index (χ0) is 23.8. The molecule has 3 aromatic carbocycles. The van der Waals surface area contributed by atoms with Crippen molar-refractivity contribution in [1.29, 1.82) is 0 Å². The number of amides is 2. The molecule has 0 unspecified atom stereocenters. The highest BCUT2D eigenvalue weighted by molar-refractivity contribution is 6.41. The Morgan fingerprint density at radius 2 is 1.61 bits per heavy atom. The molecule has 0 aromatic heterocycles. The summed E-state index contributed by atoms with van der Waals surface area (Å²) in [6, 6.07) is 17.9. The van der Waals surface area contributed by atoms with E-state index in [4.69, 9.17) is 16.3 Å². The Bertz CT molecular complexity index is 1260. The summed E-state index contributed by atoms with van der Waals surface area (Å²) in [6.45, 7) is 0. The molecule has 0 radical (unpaired) electrons. The quantitative estimate of drug-likeness (QED) is 0.142. The van der Waals surface area contributed by atoms with Gasteiger partial charge in [0.05, 0.1) is 21.8 Å². The molecule has 11 heteroatoms. The fourth-order valence-electron chi connectivity index (χ4n) is 2.59. The van der Waals surface area contributed by atoms with Crippen molar-refractivity contribution in [2.75, 3.05) is 5.32 Å². The number of rotatable bonds is 6. The first-order valence-corrected chi connectivity index (χ1v) is 9.68. The second-order valence-electron chi connectivity index (χ2n) is 6.33. The largest absolute Gasteiger partial charge is 0.422 e. The lowest BCUT2D eigenvalue weighted by Crippen LogP contribution is -2.32. The van der Waals surface area contributed by atoms with Crippen LogP contribution in [0.1, 0.15) is 15.9 Å². The van der Waals surface area contributed by atoms with Crippen molar-refractivity contribution in [3.63, 3.8) is 0 Å². The van der Waals surface area contributed by atoms with E-state index in [1.54, 1.807) is 30.3 Å². The Morgan fingerprint density at radius 1 is 0.939 bits per heavy atom. The predicted octanol–water partition coefficient (Wildman–Crippen LogP) is 3.56. The van der Waals surface area contributed by atoms with Crippen LogP contribution in [0.25, 0.3) is 0 Å². The lowest BCUT2D eigenvalue weighted by molar-refractivity contribution is -0.385. The zero-order valence-electron chi connectivity index (χ0n) is 16.7. The Labute approximate surface area is 192 Å². The van der Waals surface area contributed by atoms with Crippen molar-refractivity contribution >= 4 is 47.0 Å². The van der Waals surface area contributed by atoms with Gasteiger partial charge in [0.2, 0.25) is 0 Å². The van der Waals surface area contributed by atoms with E-state index in [9.17, 15) is 24.5 Å². The van der Waals surface area contributed by atoms with Crippen LogP contribution in [0.5, 0.6) is 5.75 Å². The monoisotopic (exact) mass is 466 g/mol. The third kappa shape index (κ3) is 5.99. The summed E-state index contributed by atoms with van der Waals surface area (Å²) >= 11 is 5.93. The summed E-state index contributed by atoms with van der Waals surface area (Å²) in [7, 11) is 0. The number of carbonyl (C=O) groups is 3. The molecule has 0 aliphatic rings. The molecule has 0 saturated carbocycles. The normalized spacial score (nSPS) is 10.5. The van der Waals surface area contributed by atoms with Gasteiger partial charge in [-0.15, -0.1) is 0 Å². The minimum Gasteiger partial charge on any atom is -0.422 e. The first kappa shape index (κ1) is 23.1. The number of esters is 1. The third-order valence-corrected chi connectivity index (χ3v) is 4.47. The van der Waals surface area contributed by atoms with E-state index in [0.29, 0.717) is 0 Å². The number of hydrogen-bond acceptors (Lipinski definition) is 7. The highest BCUT2D eigenvalue weighted by Gasteiger charge is 2.21. The maximum atomic E-state index is 12.5. The summed E-state index contributed by atoms with van der Waals surface area (Å²) in [4.78, 5) is 46.9. The molecule has 2 amide bonds. The van der Waals surface area contributed by atoms with Crippen molar-refractivity contribution in [1.82, 2.24) is 5.43 Å². The fourth-order valence-corrected chi connectivity index (χ4v) is 2.78. The minimum atomic E-state index is -1.06. The topological polar surface area (TPSA) is 140 Å². The highest BCUT2D eigenvalue weighted by Crippen LogP contribution is 2.22. The Kier molecular flexibility index (Phi) is 7.45. The van der Waals surface area contributed by atoms with Crippen LogP contribution in [0, 0.1) is 10.1 Å². The molecular weight excluding hydrogens is 452 g/mol.